The molecule has 5 atom stereocenters. The van der Waals surface area contributed by atoms with Crippen LogP contribution in [0.15, 0.2) is 145 Å². The molecule has 552 valence electrons. The van der Waals surface area contributed by atoms with Gasteiger partial charge in [-0.2, -0.15) is 15.3 Å². The van der Waals surface area contributed by atoms with Crippen molar-refractivity contribution in [3.05, 3.63) is 230 Å². The third kappa shape index (κ3) is 17.6. The molecule has 0 aliphatic heterocycles. The molecule has 7 aromatic heterocycles. The third-order valence-corrected chi connectivity index (χ3v) is 17.7. The number of halogens is 8. The van der Waals surface area contributed by atoms with Crippen LogP contribution in [0.2, 0.25) is 15.1 Å². The Bertz CT molecular complexity index is 5720. The van der Waals surface area contributed by atoms with Crippen molar-refractivity contribution in [1.82, 2.24) is 80.2 Å². The summed E-state index contributed by atoms with van der Waals surface area (Å²) in [7, 11) is 5.37. The van der Waals surface area contributed by atoms with Gasteiger partial charge in [-0.15, -0.1) is 0 Å². The van der Waals surface area contributed by atoms with Crippen molar-refractivity contribution < 1.29 is 61.8 Å². The zero-order valence-electron chi connectivity index (χ0n) is 63.8. The topological polar surface area (TPSA) is 272 Å². The number of nitrogens with one attached hydrogen (secondary N) is 3. The number of fused-ring (bicyclic) bond motifs is 3. The van der Waals surface area contributed by atoms with E-state index in [1.165, 1.54) is 38.0 Å². The van der Waals surface area contributed by atoms with Crippen molar-refractivity contribution in [1.29, 1.82) is 0 Å². The second-order valence-electron chi connectivity index (χ2n) is 24.4. The number of aryl methyl sites for hydroxylation is 6. The molecule has 0 aliphatic rings. The van der Waals surface area contributed by atoms with Gasteiger partial charge in [0.2, 0.25) is 0 Å². The highest BCUT2D eigenvalue weighted by Gasteiger charge is 2.26. The molecule has 0 saturated carbocycles. The van der Waals surface area contributed by atoms with Crippen molar-refractivity contribution in [3.63, 3.8) is 0 Å². The highest BCUT2D eigenvalue weighted by molar-refractivity contribution is 6.32. The normalized spacial score (nSPS) is 14.1. The van der Waals surface area contributed by atoms with Gasteiger partial charge in [-0.3, -0.25) is 14.4 Å². The van der Waals surface area contributed by atoms with Crippen LogP contribution in [0.1, 0.15) is 120 Å². The van der Waals surface area contributed by atoms with Gasteiger partial charge in [-0.1, -0.05) is 71.2 Å². The molecule has 7 heterocycles. The van der Waals surface area contributed by atoms with Crippen LogP contribution in [0.4, 0.5) is 22.0 Å². The van der Waals surface area contributed by atoms with E-state index in [1.54, 1.807) is 65.4 Å². The Hall–Kier alpha value is -11.5. The number of oxazole rings is 1. The summed E-state index contributed by atoms with van der Waals surface area (Å²) in [6.07, 6.45) is 2.82. The summed E-state index contributed by atoms with van der Waals surface area (Å²) >= 11 is 19.1. The predicted molar refractivity (Wildman–Crippen MR) is 393 cm³/mol. The maximum absolute atomic E-state index is 14.6. The van der Waals surface area contributed by atoms with Crippen molar-refractivity contribution in [2.75, 3.05) is 0 Å². The molecule has 3 amide bonds. The molecule has 13 aromatic rings. The van der Waals surface area contributed by atoms with Gasteiger partial charge >= 0.3 is 0 Å². The first-order valence-corrected chi connectivity index (χ1v) is 33.8. The Balaban J connectivity index is 0.000000167. The molecule has 31 heteroatoms. The molecule has 13 rings (SSSR count). The highest BCUT2D eigenvalue weighted by Crippen LogP contribution is 2.39. The van der Waals surface area contributed by atoms with Gasteiger partial charge in [0.05, 0.1) is 35.9 Å². The summed E-state index contributed by atoms with van der Waals surface area (Å²) < 4.78 is 140. The number of amides is 3. The molecule has 0 spiro atoms. The number of carbonyl (C=O) groups is 3. The minimum Gasteiger partial charge on any atom is -0.487 e. The summed E-state index contributed by atoms with van der Waals surface area (Å²) in [5.74, 6) is -1.77. The van der Waals surface area contributed by atoms with Gasteiger partial charge in [0.1, 0.15) is 96.3 Å². The Morgan fingerprint density at radius 2 is 0.879 bits per heavy atom. The standard InChI is InChI=1S/C26H22ClFN6O3.2C25H24ClF2N5O2/c1-14-7-19(25-29-12-31-34(25)3)17-5-4-6-23(24(17)32-14)37-10-20-18(8-16(28)9-21(20)27)15(2)33-26(35)22-11-36-13-30-22;2*1-13-8-19(24-29-12-30-33(24)4)17-6-5-7-22(23(17)31-13)35-11-20-18(9-16(28)10-21(20)26)15(3)32-25(34)14(2)27/h4-9,11-13,15H,10H2,1-3H3,(H,33,35);2*5-10,12,14-15H,11H2,1-4H3,(H,32,34)/t15-;2*14?,15-/m000/s1/i2D3,15D;15D;. The monoisotopic (exact) mass is 1520 g/mol. The Morgan fingerprint density at radius 1 is 0.514 bits per heavy atom. The first-order valence-electron chi connectivity index (χ1n) is 35.2. The van der Waals surface area contributed by atoms with E-state index in [0.717, 1.165) is 89.6 Å². The fraction of sp³-hybridized carbons (Fsp3) is 0.250. The third-order valence-electron chi connectivity index (χ3n) is 16.7. The number of nitrogens with zero attached hydrogens (tertiary/aromatic N) is 13. The second kappa shape index (κ2) is 33.3. The first kappa shape index (κ1) is 69.9. The molecule has 3 N–H and O–H groups in total. The van der Waals surface area contributed by atoms with Crippen LogP contribution in [-0.2, 0) is 50.6 Å². The van der Waals surface area contributed by atoms with Gasteiger partial charge < -0.3 is 34.6 Å². The molecule has 2 unspecified atom stereocenters. The molecule has 0 fully saturated rings. The number of benzene rings is 6. The summed E-state index contributed by atoms with van der Waals surface area (Å²) in [5.41, 5.74) is 6.81. The van der Waals surface area contributed by atoms with E-state index >= 15 is 0 Å². The molecule has 107 heavy (non-hydrogen) atoms. The van der Waals surface area contributed by atoms with Crippen LogP contribution in [0.25, 0.3) is 66.9 Å². The fourth-order valence-electron chi connectivity index (χ4n) is 11.6. The van der Waals surface area contributed by atoms with E-state index in [0.29, 0.717) is 73.5 Å². The number of hydrogen-bond donors (Lipinski definition) is 3. The molecule has 0 radical (unpaired) electrons. The van der Waals surface area contributed by atoms with Crippen LogP contribution in [0.3, 0.4) is 0 Å². The minimum absolute atomic E-state index is 0.00942. The number of hydrogen-bond acceptors (Lipinski definition) is 17. The smallest absolute Gasteiger partial charge is 0.273 e. The number of rotatable bonds is 21. The van der Waals surface area contributed by atoms with E-state index in [-0.39, 0.29) is 57.3 Å². The van der Waals surface area contributed by atoms with Crippen LogP contribution >= 0.6 is 34.8 Å². The van der Waals surface area contributed by atoms with Gasteiger partial charge in [-0.25, -0.2) is 70.9 Å². The lowest BCUT2D eigenvalue weighted by Gasteiger charge is -2.20. The maximum Gasteiger partial charge on any atom is 0.273 e. The molecule has 0 aliphatic carbocycles. The summed E-state index contributed by atoms with van der Waals surface area (Å²) in [6, 6.07) is 23.0. The van der Waals surface area contributed by atoms with Crippen molar-refractivity contribution >= 4 is 85.2 Å². The maximum atomic E-state index is 14.6. The summed E-state index contributed by atoms with van der Waals surface area (Å²) in [4.78, 5) is 67.2. The molecule has 23 nitrogen and oxygen atoms in total. The number of ether oxygens (including phenoxy) is 3. The molecule has 6 aromatic carbocycles. The van der Waals surface area contributed by atoms with Crippen LogP contribution in [-0.4, -0.2) is 94.3 Å². The Morgan fingerprint density at radius 3 is 1.22 bits per heavy atom. The van der Waals surface area contributed by atoms with E-state index in [2.05, 4.69) is 66.1 Å². The van der Waals surface area contributed by atoms with Gasteiger partial charge in [0, 0.05) is 91.9 Å². The quantitative estimate of drug-likeness (QED) is 0.0564. The number of pyridine rings is 3. The fourth-order valence-corrected chi connectivity index (χ4v) is 12.4. The molecule has 0 bridgehead atoms. The van der Waals surface area contributed by atoms with Gasteiger partial charge in [0.25, 0.3) is 17.7 Å². The van der Waals surface area contributed by atoms with Gasteiger partial charge in [0.15, 0.2) is 41.9 Å². The van der Waals surface area contributed by atoms with Crippen molar-refractivity contribution in [2.24, 2.45) is 21.1 Å². The lowest BCUT2D eigenvalue weighted by Crippen LogP contribution is -2.33. The average molecular weight is 1530 g/mol. The molecular formula is C76H70Cl3F5N16O7. The Kier molecular flexibility index (Phi) is 21.7. The number of alkyl halides is 2. The lowest BCUT2D eigenvalue weighted by molar-refractivity contribution is -0.126. The number of carbonyl (C=O) groups excluding carboxylic acids is 3. The summed E-state index contributed by atoms with van der Waals surface area (Å²) in [5, 5.41) is 21.7. The summed E-state index contributed by atoms with van der Waals surface area (Å²) in [6.45, 7) is 6.96. The Labute approximate surface area is 631 Å². The SMILES string of the molecule is Cc1cc(-c2ncnn2C)c2cccc(OCc3c(Cl)cc(F)cc3[C@H](C)NC(=O)C(C)F)c2n1.[2H]C([2H])([2H])[C@]([2H])(NC(=O)c1cocn1)c1cc(F)cc(Cl)c1COc1cccc2c(-c3ncnn3C)cc(C)nc12.[2H][C@@](C)(NC(=O)C(C)F)c1cc(F)cc(Cl)c1COc1cccc2c(-c3ncnn3C)cc(C)nc12. The second-order valence-corrected chi connectivity index (χ2v) is 25.7. The lowest BCUT2D eigenvalue weighted by atomic mass is 10.0. The zero-order chi connectivity index (χ0) is 81.0. The minimum atomic E-state index is -3.17. The zero-order valence-corrected chi connectivity index (χ0v) is 61.1. The number of para-hydroxylation sites is 3. The molecule has 0 saturated heterocycles. The number of aromatic nitrogens is 13. The van der Waals surface area contributed by atoms with E-state index in [9.17, 15) is 36.3 Å². The molecular weight excluding hydrogens is 1450 g/mol. The average Bonchev–Trinajstić information content (AvgIpc) is 0.815. The van der Waals surface area contributed by atoms with Gasteiger partial charge in [-0.05, 0) is 145 Å². The van der Waals surface area contributed by atoms with E-state index < -0.39 is 78.0 Å². The van der Waals surface area contributed by atoms with E-state index in [4.69, 9.17) is 60.3 Å². The van der Waals surface area contributed by atoms with Crippen LogP contribution < -0.4 is 30.2 Å². The van der Waals surface area contributed by atoms with Crippen molar-refractivity contribution in [2.45, 2.75) is 106 Å². The van der Waals surface area contributed by atoms with Crippen LogP contribution in [0.5, 0.6) is 17.2 Å². The highest BCUT2D eigenvalue weighted by atomic mass is 35.5. The van der Waals surface area contributed by atoms with E-state index in [1.807, 2.05) is 70.3 Å². The van der Waals surface area contributed by atoms with Crippen LogP contribution in [0, 0.1) is 38.2 Å². The predicted octanol–water partition coefficient (Wildman–Crippen LogP) is 15.7. The largest absolute Gasteiger partial charge is 0.487 e. The first-order chi connectivity index (χ1) is 53.0. The van der Waals surface area contributed by atoms with Crippen molar-refractivity contribution in [3.8, 4) is 51.4 Å².